The van der Waals surface area contributed by atoms with Gasteiger partial charge in [-0.1, -0.05) is 133 Å². The number of amides is 15. The Morgan fingerprint density at radius 1 is 0.355 bits per heavy atom. The molecule has 124 heavy (non-hydrogen) atoms. The van der Waals surface area contributed by atoms with Crippen molar-refractivity contribution < 1.29 is 107 Å². The van der Waals surface area contributed by atoms with E-state index in [9.17, 15) is 107 Å². The summed E-state index contributed by atoms with van der Waals surface area (Å²) in [6.45, 7) is 5.90. The topological polar surface area (TPSA) is 726 Å². The summed E-state index contributed by atoms with van der Waals surface area (Å²) in [5, 5.41) is 94.9. The number of carbonyl (C=O) groups excluding carboxylic acids is 15. The van der Waals surface area contributed by atoms with Crippen molar-refractivity contribution in [3.8, 4) is 0 Å². The highest BCUT2D eigenvalue weighted by atomic mass is 16.4. The van der Waals surface area contributed by atoms with Crippen molar-refractivity contribution in [3.63, 3.8) is 0 Å². The molecule has 31 N–H and O–H groups in total. The fourth-order valence-corrected chi connectivity index (χ4v) is 12.4. The molecule has 0 aliphatic carbocycles. The highest BCUT2D eigenvalue weighted by Crippen LogP contribution is 2.16. The van der Waals surface area contributed by atoms with Gasteiger partial charge in [-0.25, -0.2) is 0 Å². The van der Waals surface area contributed by atoms with Crippen LogP contribution in [0.5, 0.6) is 0 Å². The zero-order chi connectivity index (χ0) is 92.7. The largest absolute Gasteiger partial charge is 0.481 e. The Labute approximate surface area is 718 Å². The summed E-state index contributed by atoms with van der Waals surface area (Å²) < 4.78 is 0. The van der Waals surface area contributed by atoms with Crippen molar-refractivity contribution in [3.05, 3.63) is 108 Å². The second kappa shape index (κ2) is 56.4. The minimum absolute atomic E-state index is 0.0434. The smallest absolute Gasteiger partial charge is 0.305 e. The quantitative estimate of drug-likeness (QED) is 0.0142. The average Bonchev–Trinajstić information content (AvgIpc) is 0.854. The van der Waals surface area contributed by atoms with Crippen LogP contribution in [0.1, 0.15) is 135 Å². The van der Waals surface area contributed by atoms with Crippen LogP contribution in [-0.2, 0) is 101 Å². The molecule has 0 saturated carbocycles. The van der Waals surface area contributed by atoms with Crippen molar-refractivity contribution in [2.75, 3.05) is 46.0 Å². The number of benzene rings is 3. The lowest BCUT2D eigenvalue weighted by atomic mass is 10.00. The van der Waals surface area contributed by atoms with E-state index in [4.69, 9.17) is 34.1 Å². The number of rotatable bonds is 59. The fraction of sp³-hybridized carbons (Fsp3) is 0.556. The van der Waals surface area contributed by atoms with E-state index in [0.717, 1.165) is 0 Å². The predicted octanol–water partition coefficient (Wildman–Crippen LogP) is -6.86. The van der Waals surface area contributed by atoms with Crippen molar-refractivity contribution >= 4 is 107 Å². The van der Waals surface area contributed by atoms with Gasteiger partial charge in [0.25, 0.3) is 0 Å². The Bertz CT molecular complexity index is 4020. The maximum Gasteiger partial charge on any atom is 0.305 e. The predicted molar refractivity (Wildman–Crippen MR) is 450 cm³/mol. The molecule has 43 heteroatoms. The standard InChI is InChI=1S/C81H125N21O22/c1-44(2)35-54(94-70(114)52(29-17-19-33-83)92-73(117)55(36-47-21-10-7-11-22-47)95-74(118)56(37-48-23-12-8-13-24-48)97-78(122)60(42-104)99-71(115)51(28-16-18-32-82)91-68(112)50(84)27-20-34-88-81(86)87)72(116)93-53(30-31-63(107)108)69(113)89-40-62(106)90-59(41-103)77(121)96-57(38-49-25-14-9-15-26-49)75(119)98-58(39-64(109)110)76(120)102-66(46(5)6)80(124)100-61(43-105)79(123)101-65(45(3)4)67(85)111/h7-15,21-26,44-46,50-61,65-66,103-105H,16-20,27-43,82-84H2,1-6H3,(H2,85,111)(H,89,113)(H,90,106)(H,91,112)(H,92,117)(H,93,116)(H,94,114)(H,95,118)(H,96,121)(H,97,122)(H,98,119)(H,99,115)(H,100,124)(H,101,123)(H,102,120)(H,107,108)(H,109,110)(H4,86,87,88)/t50-,51-,52-,53-,54-,55-,56-,57-,58-,59-,60-,61-,65-,66-/m0/s1. The lowest BCUT2D eigenvalue weighted by molar-refractivity contribution is -0.142. The van der Waals surface area contributed by atoms with Gasteiger partial charge in [0.2, 0.25) is 88.6 Å². The molecule has 0 aliphatic heterocycles. The third-order valence-electron chi connectivity index (χ3n) is 19.3. The second-order valence-corrected chi connectivity index (χ2v) is 30.7. The molecular weight excluding hydrogens is 1620 g/mol. The van der Waals surface area contributed by atoms with Gasteiger partial charge in [-0.05, 0) is 112 Å². The lowest BCUT2D eigenvalue weighted by Gasteiger charge is -2.28. The second-order valence-electron chi connectivity index (χ2n) is 30.7. The van der Waals surface area contributed by atoms with Gasteiger partial charge in [-0.2, -0.15) is 0 Å². The number of aliphatic hydroxyl groups excluding tert-OH is 3. The first-order valence-electron chi connectivity index (χ1n) is 40.9. The number of nitrogens with one attached hydrogen (secondary N) is 16. The molecule has 0 aliphatic rings. The number of nitrogens with two attached hydrogens (primary N) is 5. The maximum absolute atomic E-state index is 14.9. The molecule has 686 valence electrons. The monoisotopic (exact) mass is 1740 g/mol. The molecule has 0 fully saturated rings. The number of carboxylic acids is 2. The van der Waals surface area contributed by atoms with E-state index in [1.165, 1.54) is 26.0 Å². The third kappa shape index (κ3) is 39.7. The van der Waals surface area contributed by atoms with Gasteiger partial charge >= 0.3 is 11.9 Å². The Hall–Kier alpha value is -12.3. The molecule has 14 atom stereocenters. The van der Waals surface area contributed by atoms with Crippen molar-refractivity contribution in [1.82, 2.24) is 79.8 Å². The summed E-state index contributed by atoms with van der Waals surface area (Å²) in [5.74, 6) is -20.6. The highest BCUT2D eigenvalue weighted by molar-refractivity contribution is 6.01. The SMILES string of the molecule is CC(C)C[C@H](NC(=O)[C@H](CCCCN)NC(=O)[C@H](Cc1ccccc1)NC(=O)[C@H](Cc1ccccc1)NC(=O)[C@H](CO)NC(=O)[C@H](CCCCN)NC(=O)[C@@H](N)CCCNC(=N)N)C(=O)N[C@@H](CCC(=O)O)C(=O)NCC(=O)N[C@@H](CO)C(=O)N[C@@H](Cc1ccccc1)C(=O)N[C@@H](CC(=O)O)C(=O)N[C@H](C(=O)N[C@@H](CO)C(=O)N[C@H](C(N)=O)C(C)C)C(C)C. The molecular formula is C81H125N21O22. The molecule has 0 radical (unpaired) electrons. The maximum atomic E-state index is 14.9. The Kier molecular flexibility index (Phi) is 48.1. The minimum Gasteiger partial charge on any atom is -0.481 e. The number of hydrogen-bond acceptors (Lipinski definition) is 24. The van der Waals surface area contributed by atoms with Crippen molar-refractivity contribution in [2.24, 2.45) is 46.4 Å². The van der Waals surface area contributed by atoms with Crippen LogP contribution in [0.3, 0.4) is 0 Å². The number of carbonyl (C=O) groups is 17. The molecule has 0 unspecified atom stereocenters. The van der Waals surface area contributed by atoms with Gasteiger partial charge in [-0.3, -0.25) is 86.9 Å². The number of hydrogen-bond donors (Lipinski definition) is 26. The minimum atomic E-state index is -1.98. The molecule has 0 saturated heterocycles. The molecule has 15 amide bonds. The molecule has 0 aromatic heterocycles. The number of guanidine groups is 1. The average molecular weight is 1750 g/mol. The number of primary amides is 1. The molecule has 0 bridgehead atoms. The third-order valence-corrected chi connectivity index (χ3v) is 19.3. The summed E-state index contributed by atoms with van der Waals surface area (Å²) >= 11 is 0. The highest BCUT2D eigenvalue weighted by Gasteiger charge is 2.39. The number of aliphatic carboxylic acids is 2. The van der Waals surface area contributed by atoms with Gasteiger partial charge in [-0.15, -0.1) is 0 Å². The first-order valence-corrected chi connectivity index (χ1v) is 40.9. The van der Waals surface area contributed by atoms with Gasteiger partial charge in [0.15, 0.2) is 5.96 Å². The van der Waals surface area contributed by atoms with Crippen LogP contribution in [0.25, 0.3) is 0 Å². The molecule has 43 nitrogen and oxygen atoms in total. The van der Waals surface area contributed by atoms with E-state index in [1.807, 2.05) is 0 Å². The van der Waals surface area contributed by atoms with Crippen LogP contribution in [0.2, 0.25) is 0 Å². The number of aliphatic hydroxyl groups is 3. The zero-order valence-corrected chi connectivity index (χ0v) is 70.6. The summed E-state index contributed by atoms with van der Waals surface area (Å²) in [4.78, 5) is 233. The van der Waals surface area contributed by atoms with Gasteiger partial charge in [0.1, 0.15) is 78.5 Å². The summed E-state index contributed by atoms with van der Waals surface area (Å²) in [6.07, 6.45) is -1.69. The van der Waals surface area contributed by atoms with E-state index >= 15 is 0 Å². The van der Waals surface area contributed by atoms with E-state index in [1.54, 1.807) is 107 Å². The molecule has 3 aromatic carbocycles. The van der Waals surface area contributed by atoms with E-state index in [-0.39, 0.29) is 77.0 Å². The van der Waals surface area contributed by atoms with Crippen LogP contribution in [0.4, 0.5) is 0 Å². The number of carboxylic acid groups (broad SMARTS) is 2. The first kappa shape index (κ1) is 106. The Balaban J connectivity index is 1.91. The van der Waals surface area contributed by atoms with Crippen molar-refractivity contribution in [1.29, 1.82) is 5.41 Å². The summed E-state index contributed by atoms with van der Waals surface area (Å²) in [6, 6.07) is 2.49. The number of unbranched alkanes of at least 4 members (excludes halogenated alkanes) is 2. The van der Waals surface area contributed by atoms with Crippen LogP contribution < -0.4 is 108 Å². The van der Waals surface area contributed by atoms with E-state index in [2.05, 4.69) is 79.8 Å². The van der Waals surface area contributed by atoms with Crippen LogP contribution in [0, 0.1) is 23.2 Å². The molecule has 3 aromatic rings. The van der Waals surface area contributed by atoms with Gasteiger partial charge < -0.3 is 134 Å². The van der Waals surface area contributed by atoms with E-state index in [0.29, 0.717) is 42.4 Å². The molecule has 3 rings (SSSR count). The Morgan fingerprint density at radius 3 is 1.08 bits per heavy atom. The first-order chi connectivity index (χ1) is 58.7. The zero-order valence-electron chi connectivity index (χ0n) is 70.6. The van der Waals surface area contributed by atoms with Gasteiger partial charge in [0.05, 0.1) is 38.8 Å². The van der Waals surface area contributed by atoms with Crippen LogP contribution >= 0.6 is 0 Å². The van der Waals surface area contributed by atoms with Crippen LogP contribution in [0.15, 0.2) is 91.0 Å². The van der Waals surface area contributed by atoms with Crippen LogP contribution in [-0.4, -0.2) is 263 Å². The Morgan fingerprint density at radius 2 is 0.694 bits per heavy atom. The lowest BCUT2D eigenvalue weighted by Crippen LogP contribution is -2.61. The summed E-state index contributed by atoms with van der Waals surface area (Å²) in [7, 11) is 0. The van der Waals surface area contributed by atoms with Gasteiger partial charge in [0, 0.05) is 32.2 Å². The molecule has 0 heterocycles. The van der Waals surface area contributed by atoms with Crippen molar-refractivity contribution in [2.45, 2.75) is 222 Å². The molecule has 0 spiro atoms. The normalized spacial score (nSPS) is 14.5. The fourth-order valence-electron chi connectivity index (χ4n) is 12.4. The van der Waals surface area contributed by atoms with E-state index < -0.39 is 249 Å². The summed E-state index contributed by atoms with van der Waals surface area (Å²) in [5.41, 5.74) is 29.9.